The van der Waals surface area contributed by atoms with Crippen molar-refractivity contribution in [1.82, 2.24) is 5.32 Å². The molecule has 144 valence electrons. The van der Waals surface area contributed by atoms with Crippen LogP contribution in [0.15, 0.2) is 36.4 Å². The van der Waals surface area contributed by atoms with Gasteiger partial charge in [-0.2, -0.15) is 0 Å². The van der Waals surface area contributed by atoms with Gasteiger partial charge in [0, 0.05) is 25.7 Å². The second-order valence-electron chi connectivity index (χ2n) is 6.23. The van der Waals surface area contributed by atoms with Crippen LogP contribution in [0.25, 0.3) is 0 Å². The summed E-state index contributed by atoms with van der Waals surface area (Å²) in [6, 6.07) is 11.0. The molecule has 0 aliphatic carbocycles. The quantitative estimate of drug-likeness (QED) is 0.813. The van der Waals surface area contributed by atoms with Crippen LogP contribution >= 0.6 is 0 Å². The zero-order valence-corrected chi connectivity index (χ0v) is 16.5. The normalized spacial score (nSPS) is 10.3. The predicted octanol–water partition coefficient (Wildman–Crippen LogP) is 3.10. The Labute approximate surface area is 160 Å². The molecular weight excluding hydrogens is 344 g/mol. The Balaban J connectivity index is 2.10. The molecule has 0 atom stereocenters. The molecule has 6 nitrogen and oxygen atoms in total. The van der Waals surface area contributed by atoms with Gasteiger partial charge in [-0.3, -0.25) is 9.59 Å². The van der Waals surface area contributed by atoms with Gasteiger partial charge in [0.1, 0.15) is 17.1 Å². The second kappa shape index (κ2) is 9.07. The van der Waals surface area contributed by atoms with Gasteiger partial charge >= 0.3 is 0 Å². The first-order valence-electron chi connectivity index (χ1n) is 8.73. The second-order valence-corrected chi connectivity index (χ2v) is 6.23. The molecule has 2 aromatic rings. The summed E-state index contributed by atoms with van der Waals surface area (Å²) in [6.45, 7) is 6.21. The van der Waals surface area contributed by atoms with Crippen LogP contribution in [0.4, 0.5) is 5.69 Å². The number of anilines is 1. The summed E-state index contributed by atoms with van der Waals surface area (Å²) >= 11 is 0. The first-order valence-corrected chi connectivity index (χ1v) is 8.73. The lowest BCUT2D eigenvalue weighted by molar-refractivity contribution is -0.116. The maximum atomic E-state index is 12.6. The highest BCUT2D eigenvalue weighted by Gasteiger charge is 2.19. The van der Waals surface area contributed by atoms with Gasteiger partial charge in [-0.25, -0.2) is 0 Å². The van der Waals surface area contributed by atoms with Gasteiger partial charge < -0.3 is 19.7 Å². The fourth-order valence-electron chi connectivity index (χ4n) is 2.81. The van der Waals surface area contributed by atoms with Crippen LogP contribution in [0.1, 0.15) is 28.4 Å². The molecule has 27 heavy (non-hydrogen) atoms. The summed E-state index contributed by atoms with van der Waals surface area (Å²) < 4.78 is 10.5. The Morgan fingerprint density at radius 1 is 1.00 bits per heavy atom. The largest absolute Gasteiger partial charge is 0.496 e. The standard InChI is InChI=1S/C21H26N2O4/c1-14-9-10-17(13-15(14)2)23(16(3)24)12-11-22-21(25)20-18(26-4)7-6-8-19(20)27-5/h6-10,13H,11-12H2,1-5H3,(H,22,25). The molecule has 0 saturated heterocycles. The lowest BCUT2D eigenvalue weighted by Gasteiger charge is -2.22. The van der Waals surface area contributed by atoms with Crippen LogP contribution in [0.3, 0.4) is 0 Å². The van der Waals surface area contributed by atoms with Gasteiger partial charge in [-0.15, -0.1) is 0 Å². The lowest BCUT2D eigenvalue weighted by atomic mass is 10.1. The number of nitrogens with one attached hydrogen (secondary N) is 1. The van der Waals surface area contributed by atoms with Crippen molar-refractivity contribution in [2.24, 2.45) is 0 Å². The predicted molar refractivity (Wildman–Crippen MR) is 106 cm³/mol. The molecule has 6 heteroatoms. The van der Waals surface area contributed by atoms with E-state index >= 15 is 0 Å². The van der Waals surface area contributed by atoms with Crippen LogP contribution in [0.2, 0.25) is 0 Å². The van der Waals surface area contributed by atoms with Crippen molar-refractivity contribution in [2.75, 3.05) is 32.2 Å². The Bertz CT molecular complexity index is 811. The van der Waals surface area contributed by atoms with E-state index in [4.69, 9.17) is 9.47 Å². The molecule has 0 fully saturated rings. The van der Waals surface area contributed by atoms with Crippen molar-refractivity contribution in [3.63, 3.8) is 0 Å². The molecule has 0 aliphatic rings. The number of benzene rings is 2. The van der Waals surface area contributed by atoms with E-state index in [9.17, 15) is 9.59 Å². The zero-order chi connectivity index (χ0) is 20.0. The van der Waals surface area contributed by atoms with E-state index in [1.165, 1.54) is 26.7 Å². The summed E-state index contributed by atoms with van der Waals surface area (Å²) in [5, 5.41) is 2.84. The monoisotopic (exact) mass is 370 g/mol. The van der Waals surface area contributed by atoms with Crippen LogP contribution in [-0.2, 0) is 4.79 Å². The van der Waals surface area contributed by atoms with Crippen LogP contribution in [-0.4, -0.2) is 39.1 Å². The Hall–Kier alpha value is -3.02. The van der Waals surface area contributed by atoms with E-state index < -0.39 is 0 Å². The molecule has 2 rings (SSSR count). The molecule has 0 radical (unpaired) electrons. The summed E-state index contributed by atoms with van der Waals surface area (Å²) in [7, 11) is 3.01. The number of aryl methyl sites for hydroxylation is 2. The lowest BCUT2D eigenvalue weighted by Crippen LogP contribution is -2.37. The third-order valence-corrected chi connectivity index (χ3v) is 4.46. The van der Waals surface area contributed by atoms with E-state index in [1.807, 2.05) is 32.0 Å². The minimum absolute atomic E-state index is 0.0811. The molecule has 0 aliphatic heterocycles. The maximum Gasteiger partial charge on any atom is 0.258 e. The minimum Gasteiger partial charge on any atom is -0.496 e. The van der Waals surface area contributed by atoms with E-state index in [-0.39, 0.29) is 11.8 Å². The molecule has 2 aromatic carbocycles. The fourth-order valence-corrected chi connectivity index (χ4v) is 2.81. The molecule has 0 aromatic heterocycles. The van der Waals surface area contributed by atoms with Crippen LogP contribution < -0.4 is 19.7 Å². The van der Waals surface area contributed by atoms with E-state index in [0.717, 1.165) is 11.3 Å². The van der Waals surface area contributed by atoms with E-state index in [1.54, 1.807) is 23.1 Å². The Kier molecular flexibility index (Phi) is 6.82. The Morgan fingerprint density at radius 3 is 2.15 bits per heavy atom. The third kappa shape index (κ3) is 4.78. The van der Waals surface area contributed by atoms with Gasteiger partial charge in [0.25, 0.3) is 5.91 Å². The number of amides is 2. The van der Waals surface area contributed by atoms with E-state index in [2.05, 4.69) is 5.32 Å². The first kappa shape index (κ1) is 20.3. The number of nitrogens with zero attached hydrogens (tertiary/aromatic N) is 1. The van der Waals surface area contributed by atoms with Gasteiger partial charge in [-0.1, -0.05) is 12.1 Å². The highest BCUT2D eigenvalue weighted by atomic mass is 16.5. The third-order valence-electron chi connectivity index (χ3n) is 4.46. The summed E-state index contributed by atoms with van der Waals surface area (Å²) in [4.78, 5) is 26.3. The van der Waals surface area contributed by atoms with Crippen LogP contribution in [0, 0.1) is 13.8 Å². The van der Waals surface area contributed by atoms with Crippen molar-refractivity contribution < 1.29 is 19.1 Å². The number of carbonyl (C=O) groups excluding carboxylic acids is 2. The number of hydrogen-bond acceptors (Lipinski definition) is 4. The number of hydrogen-bond donors (Lipinski definition) is 1. The van der Waals surface area contributed by atoms with E-state index in [0.29, 0.717) is 30.2 Å². The first-order chi connectivity index (χ1) is 12.9. The summed E-state index contributed by atoms with van der Waals surface area (Å²) in [5.74, 6) is 0.476. The van der Waals surface area contributed by atoms with Crippen molar-refractivity contribution in [3.8, 4) is 11.5 Å². The van der Waals surface area contributed by atoms with Gasteiger partial charge in [0.05, 0.1) is 14.2 Å². The zero-order valence-electron chi connectivity index (χ0n) is 16.5. The van der Waals surface area contributed by atoms with Gasteiger partial charge in [-0.05, 0) is 49.2 Å². The summed E-state index contributed by atoms with van der Waals surface area (Å²) in [6.07, 6.45) is 0. The highest BCUT2D eigenvalue weighted by Crippen LogP contribution is 2.28. The molecule has 0 heterocycles. The molecule has 0 spiro atoms. The summed E-state index contributed by atoms with van der Waals surface area (Å²) in [5.41, 5.74) is 3.43. The topological polar surface area (TPSA) is 67.9 Å². The number of ether oxygens (including phenoxy) is 2. The molecule has 0 bridgehead atoms. The van der Waals surface area contributed by atoms with Crippen molar-refractivity contribution >= 4 is 17.5 Å². The highest BCUT2D eigenvalue weighted by molar-refractivity contribution is 6.00. The average Bonchev–Trinajstić information content (AvgIpc) is 2.66. The average molecular weight is 370 g/mol. The molecule has 1 N–H and O–H groups in total. The minimum atomic E-state index is -0.312. The maximum absolute atomic E-state index is 12.6. The molecule has 2 amide bonds. The van der Waals surface area contributed by atoms with Crippen molar-refractivity contribution in [2.45, 2.75) is 20.8 Å². The van der Waals surface area contributed by atoms with Crippen molar-refractivity contribution in [3.05, 3.63) is 53.1 Å². The SMILES string of the molecule is COc1cccc(OC)c1C(=O)NCCN(C(C)=O)c1ccc(C)c(C)c1. The number of carbonyl (C=O) groups is 2. The van der Waals surface area contributed by atoms with Gasteiger partial charge in [0.2, 0.25) is 5.91 Å². The van der Waals surface area contributed by atoms with Gasteiger partial charge in [0.15, 0.2) is 0 Å². The number of rotatable bonds is 7. The molecular formula is C21H26N2O4. The molecule has 0 saturated carbocycles. The molecule has 0 unspecified atom stereocenters. The smallest absolute Gasteiger partial charge is 0.258 e. The van der Waals surface area contributed by atoms with Crippen molar-refractivity contribution in [1.29, 1.82) is 0 Å². The Morgan fingerprint density at radius 2 is 1.63 bits per heavy atom. The fraction of sp³-hybridized carbons (Fsp3) is 0.333. The van der Waals surface area contributed by atoms with Crippen LogP contribution in [0.5, 0.6) is 11.5 Å². The number of methoxy groups -OCH3 is 2.